The van der Waals surface area contributed by atoms with E-state index in [1.165, 1.54) is 0 Å². The van der Waals surface area contributed by atoms with Gasteiger partial charge in [0.25, 0.3) is 5.91 Å². The Bertz CT molecular complexity index is 584. The average molecular weight is 393 g/mol. The summed E-state index contributed by atoms with van der Waals surface area (Å²) in [6, 6.07) is 7.00. The highest BCUT2D eigenvalue weighted by Gasteiger charge is 2.43. The van der Waals surface area contributed by atoms with Crippen molar-refractivity contribution in [3.05, 3.63) is 34.3 Å². The van der Waals surface area contributed by atoms with Crippen molar-refractivity contribution in [2.24, 2.45) is 5.92 Å². The lowest BCUT2D eigenvalue weighted by molar-refractivity contribution is -0.186. The Hall–Kier alpha value is -1.57. The van der Waals surface area contributed by atoms with E-state index in [0.717, 1.165) is 4.90 Å². The summed E-state index contributed by atoms with van der Waals surface area (Å²) in [7, 11) is 0. The van der Waals surface area contributed by atoms with Gasteiger partial charge in [0.2, 0.25) is 0 Å². The second-order valence-corrected chi connectivity index (χ2v) is 6.28. The molecule has 1 aliphatic heterocycles. The predicted octanol–water partition coefficient (Wildman–Crippen LogP) is 2.98. The number of likely N-dealkylation sites (tertiary alicyclic amines) is 1. The van der Waals surface area contributed by atoms with E-state index >= 15 is 0 Å². The highest BCUT2D eigenvalue weighted by atomic mass is 79.9. The van der Waals surface area contributed by atoms with E-state index in [1.54, 1.807) is 24.3 Å². The van der Waals surface area contributed by atoms with Crippen molar-refractivity contribution in [3.63, 3.8) is 0 Å². The van der Waals surface area contributed by atoms with Crippen molar-refractivity contribution < 1.29 is 22.8 Å². The maximum atomic E-state index is 12.4. The fraction of sp³-hybridized carbons (Fsp3) is 0.467. The lowest BCUT2D eigenvalue weighted by Crippen LogP contribution is -2.46. The van der Waals surface area contributed by atoms with Crippen molar-refractivity contribution in [1.82, 2.24) is 10.2 Å². The molecule has 0 aromatic heterocycles. The highest BCUT2D eigenvalue weighted by molar-refractivity contribution is 9.10. The molecule has 0 radical (unpaired) electrons. The minimum atomic E-state index is -4.82. The number of nitrogens with one attached hydrogen (secondary N) is 1. The Morgan fingerprint density at radius 3 is 2.39 bits per heavy atom. The third-order valence-electron chi connectivity index (χ3n) is 3.81. The largest absolute Gasteiger partial charge is 0.471 e. The molecule has 1 aromatic rings. The van der Waals surface area contributed by atoms with Crippen molar-refractivity contribution in [1.29, 1.82) is 0 Å². The molecule has 126 valence electrons. The second kappa shape index (κ2) is 7.33. The van der Waals surface area contributed by atoms with Crippen LogP contribution >= 0.6 is 15.9 Å². The van der Waals surface area contributed by atoms with Gasteiger partial charge in [-0.2, -0.15) is 13.2 Å². The van der Waals surface area contributed by atoms with E-state index < -0.39 is 12.1 Å². The molecule has 4 nitrogen and oxygen atoms in total. The van der Waals surface area contributed by atoms with Crippen LogP contribution in [0.4, 0.5) is 13.2 Å². The monoisotopic (exact) mass is 392 g/mol. The number of hydrogen-bond donors (Lipinski definition) is 1. The van der Waals surface area contributed by atoms with Crippen LogP contribution in [-0.4, -0.2) is 42.5 Å². The summed E-state index contributed by atoms with van der Waals surface area (Å²) in [5, 5.41) is 2.79. The van der Waals surface area contributed by atoms with Crippen molar-refractivity contribution in [3.8, 4) is 0 Å². The van der Waals surface area contributed by atoms with Crippen LogP contribution in [0.15, 0.2) is 28.7 Å². The van der Waals surface area contributed by atoms with Gasteiger partial charge in [0.1, 0.15) is 0 Å². The fourth-order valence-corrected chi connectivity index (χ4v) is 2.96. The molecule has 1 saturated heterocycles. The van der Waals surface area contributed by atoms with Gasteiger partial charge in [0, 0.05) is 24.1 Å². The molecular formula is C15H16BrF3N2O2. The fourth-order valence-electron chi connectivity index (χ4n) is 2.50. The molecule has 1 N–H and O–H groups in total. The zero-order valence-corrected chi connectivity index (χ0v) is 13.8. The van der Waals surface area contributed by atoms with Crippen LogP contribution in [0.25, 0.3) is 0 Å². The molecule has 0 spiro atoms. The van der Waals surface area contributed by atoms with Crippen molar-refractivity contribution in [2.45, 2.75) is 19.0 Å². The van der Waals surface area contributed by atoms with E-state index in [9.17, 15) is 22.8 Å². The summed E-state index contributed by atoms with van der Waals surface area (Å²) < 4.78 is 37.8. The van der Waals surface area contributed by atoms with Gasteiger partial charge >= 0.3 is 12.1 Å². The molecule has 0 bridgehead atoms. The lowest BCUT2D eigenvalue weighted by Gasteiger charge is -2.32. The Kier molecular flexibility index (Phi) is 5.67. The number of hydrogen-bond acceptors (Lipinski definition) is 2. The smallest absolute Gasteiger partial charge is 0.352 e. The minimum absolute atomic E-state index is 0.0634. The van der Waals surface area contributed by atoms with Gasteiger partial charge in [-0.05, 0) is 46.8 Å². The van der Waals surface area contributed by atoms with Crippen LogP contribution in [0.2, 0.25) is 0 Å². The average Bonchev–Trinajstić information content (AvgIpc) is 2.52. The summed E-state index contributed by atoms with van der Waals surface area (Å²) in [6.45, 7) is 0.510. The molecule has 1 heterocycles. The minimum Gasteiger partial charge on any atom is -0.352 e. The molecule has 1 aromatic carbocycles. The summed E-state index contributed by atoms with van der Waals surface area (Å²) in [6.07, 6.45) is -3.93. The molecule has 0 saturated carbocycles. The number of amides is 2. The molecule has 1 aliphatic rings. The van der Waals surface area contributed by atoms with Crippen LogP contribution in [0.5, 0.6) is 0 Å². The number of benzene rings is 1. The number of carbonyl (C=O) groups excluding carboxylic acids is 2. The van der Waals surface area contributed by atoms with Crippen LogP contribution < -0.4 is 5.32 Å². The summed E-state index contributed by atoms with van der Waals surface area (Å²) in [5.41, 5.74) is 0.511. The summed E-state index contributed by atoms with van der Waals surface area (Å²) in [5.74, 6) is -1.95. The van der Waals surface area contributed by atoms with Crippen LogP contribution in [0.1, 0.15) is 23.2 Å². The van der Waals surface area contributed by atoms with Gasteiger partial charge in [0.15, 0.2) is 0 Å². The quantitative estimate of drug-likeness (QED) is 0.859. The van der Waals surface area contributed by atoms with Gasteiger partial charge in [-0.1, -0.05) is 12.1 Å². The Morgan fingerprint density at radius 2 is 1.83 bits per heavy atom. The zero-order chi connectivity index (χ0) is 17.0. The first kappa shape index (κ1) is 17.8. The van der Waals surface area contributed by atoms with Gasteiger partial charge in [-0.25, -0.2) is 0 Å². The Balaban J connectivity index is 1.80. The molecule has 23 heavy (non-hydrogen) atoms. The van der Waals surface area contributed by atoms with E-state index in [0.29, 0.717) is 29.4 Å². The first-order chi connectivity index (χ1) is 10.8. The standard InChI is InChI=1S/C15H16BrF3N2O2/c16-12-4-2-1-3-11(12)13(22)20-9-10-5-7-21(8-6-10)14(23)15(17,18)19/h1-4,10H,5-9H2,(H,20,22). The Morgan fingerprint density at radius 1 is 1.22 bits per heavy atom. The van der Waals surface area contributed by atoms with E-state index in [-0.39, 0.29) is 24.9 Å². The number of carbonyl (C=O) groups is 2. The predicted molar refractivity (Wildman–Crippen MR) is 81.8 cm³/mol. The number of alkyl halides is 3. The molecule has 0 unspecified atom stereocenters. The number of piperidine rings is 1. The van der Waals surface area contributed by atoms with Crippen molar-refractivity contribution in [2.75, 3.05) is 19.6 Å². The van der Waals surface area contributed by atoms with Crippen LogP contribution in [0, 0.1) is 5.92 Å². The Labute approximate surface area is 140 Å². The summed E-state index contributed by atoms with van der Waals surface area (Å²) in [4.78, 5) is 24.0. The molecule has 1 fully saturated rings. The molecular weight excluding hydrogens is 377 g/mol. The first-order valence-corrected chi connectivity index (χ1v) is 7.97. The highest BCUT2D eigenvalue weighted by Crippen LogP contribution is 2.23. The van der Waals surface area contributed by atoms with Gasteiger partial charge in [-0.3, -0.25) is 9.59 Å². The first-order valence-electron chi connectivity index (χ1n) is 7.18. The SMILES string of the molecule is O=C(NCC1CCN(C(=O)C(F)(F)F)CC1)c1ccccc1Br. The van der Waals surface area contributed by atoms with Gasteiger partial charge < -0.3 is 10.2 Å². The van der Waals surface area contributed by atoms with Gasteiger partial charge in [0.05, 0.1) is 5.56 Å². The molecule has 0 aliphatic carbocycles. The number of nitrogens with zero attached hydrogens (tertiary/aromatic N) is 1. The molecule has 0 atom stereocenters. The molecule has 2 rings (SSSR count). The normalized spacial score (nSPS) is 16.3. The maximum absolute atomic E-state index is 12.4. The zero-order valence-electron chi connectivity index (χ0n) is 12.2. The number of rotatable bonds is 3. The third kappa shape index (κ3) is 4.70. The lowest BCUT2D eigenvalue weighted by atomic mass is 9.96. The second-order valence-electron chi connectivity index (χ2n) is 5.42. The number of halogens is 4. The molecule has 8 heteroatoms. The van der Waals surface area contributed by atoms with E-state index in [2.05, 4.69) is 21.2 Å². The van der Waals surface area contributed by atoms with Crippen molar-refractivity contribution >= 4 is 27.7 Å². The molecule has 2 amide bonds. The summed E-state index contributed by atoms with van der Waals surface area (Å²) >= 11 is 3.29. The van der Waals surface area contributed by atoms with E-state index in [4.69, 9.17) is 0 Å². The van der Waals surface area contributed by atoms with E-state index in [1.807, 2.05) is 0 Å². The van der Waals surface area contributed by atoms with Gasteiger partial charge in [-0.15, -0.1) is 0 Å². The van der Waals surface area contributed by atoms with Crippen LogP contribution in [-0.2, 0) is 4.79 Å². The third-order valence-corrected chi connectivity index (χ3v) is 4.51. The topological polar surface area (TPSA) is 49.4 Å². The maximum Gasteiger partial charge on any atom is 0.471 e. The van der Waals surface area contributed by atoms with Crippen LogP contribution in [0.3, 0.4) is 0 Å².